The molecule has 0 aromatic heterocycles. The number of methoxy groups -OCH3 is 1. The van der Waals surface area contributed by atoms with Gasteiger partial charge in [-0.1, -0.05) is 12.7 Å². The maximum Gasteiger partial charge on any atom is 0.323 e. The van der Waals surface area contributed by atoms with Gasteiger partial charge in [0, 0.05) is 11.6 Å². The lowest BCUT2D eigenvalue weighted by Gasteiger charge is -2.21. The first-order valence-electron chi connectivity index (χ1n) is 7.01. The van der Waals surface area contributed by atoms with Gasteiger partial charge in [0.05, 0.1) is 7.11 Å². The van der Waals surface area contributed by atoms with E-state index in [2.05, 4.69) is 6.58 Å². The van der Waals surface area contributed by atoms with Crippen LogP contribution in [0.3, 0.4) is 0 Å². The first-order valence-corrected chi connectivity index (χ1v) is 7.01. The van der Waals surface area contributed by atoms with E-state index in [9.17, 15) is 9.59 Å². The number of amides is 1. The minimum absolute atomic E-state index is 0.0197. The number of rotatable bonds is 8. The zero-order valence-corrected chi connectivity index (χ0v) is 12.4. The van der Waals surface area contributed by atoms with Crippen LogP contribution in [0.4, 0.5) is 0 Å². The normalized spacial score (nSPS) is 13.3. The van der Waals surface area contributed by atoms with Gasteiger partial charge < -0.3 is 19.5 Å². The molecule has 0 radical (unpaired) electrons. The highest BCUT2D eigenvalue weighted by Gasteiger charge is 2.34. The highest BCUT2D eigenvalue weighted by atomic mass is 16.5. The van der Waals surface area contributed by atoms with E-state index in [1.165, 1.54) is 12.0 Å². The molecule has 0 bridgehead atoms. The van der Waals surface area contributed by atoms with Crippen LogP contribution in [-0.2, 0) is 4.79 Å². The molecule has 1 fully saturated rings. The molecule has 1 aromatic carbocycles. The maximum absolute atomic E-state index is 12.5. The summed E-state index contributed by atoms with van der Waals surface area (Å²) in [6.45, 7) is 3.61. The fourth-order valence-corrected chi connectivity index (χ4v) is 2.13. The molecule has 6 nitrogen and oxygen atoms in total. The summed E-state index contributed by atoms with van der Waals surface area (Å²) in [5, 5.41) is 8.95. The third-order valence-corrected chi connectivity index (χ3v) is 3.32. The van der Waals surface area contributed by atoms with E-state index in [0.717, 1.165) is 12.8 Å². The van der Waals surface area contributed by atoms with Crippen LogP contribution in [0.2, 0.25) is 0 Å². The number of hydrogen-bond donors (Lipinski definition) is 1. The van der Waals surface area contributed by atoms with E-state index in [1.807, 2.05) is 0 Å². The number of carboxylic acids is 1. The number of carbonyl (C=O) groups is 2. The van der Waals surface area contributed by atoms with Crippen LogP contribution >= 0.6 is 0 Å². The predicted octanol–water partition coefficient (Wildman–Crippen LogP) is 1.95. The number of ether oxygens (including phenoxy) is 2. The molecule has 1 N–H and O–H groups in total. The van der Waals surface area contributed by atoms with Crippen molar-refractivity contribution in [1.29, 1.82) is 0 Å². The molecular formula is C16H19NO5. The first kappa shape index (κ1) is 15.9. The van der Waals surface area contributed by atoms with Gasteiger partial charge in [-0.25, -0.2) is 0 Å². The molecule has 0 spiro atoms. The first-order chi connectivity index (χ1) is 10.6. The van der Waals surface area contributed by atoms with Crippen molar-refractivity contribution in [3.63, 3.8) is 0 Å². The molecule has 6 heteroatoms. The van der Waals surface area contributed by atoms with Gasteiger partial charge in [0.15, 0.2) is 11.5 Å². The van der Waals surface area contributed by atoms with Crippen LogP contribution in [0.1, 0.15) is 23.2 Å². The van der Waals surface area contributed by atoms with Crippen LogP contribution in [0.5, 0.6) is 11.5 Å². The molecule has 0 saturated heterocycles. The second-order valence-corrected chi connectivity index (χ2v) is 5.02. The van der Waals surface area contributed by atoms with Crippen molar-refractivity contribution in [3.8, 4) is 11.5 Å². The number of hydrogen-bond acceptors (Lipinski definition) is 4. The van der Waals surface area contributed by atoms with E-state index in [-0.39, 0.29) is 18.5 Å². The van der Waals surface area contributed by atoms with Gasteiger partial charge in [-0.15, -0.1) is 0 Å². The Kier molecular flexibility index (Phi) is 5.04. The number of nitrogens with zero attached hydrogens (tertiary/aromatic N) is 1. The summed E-state index contributed by atoms with van der Waals surface area (Å²) >= 11 is 0. The van der Waals surface area contributed by atoms with Crippen molar-refractivity contribution in [2.45, 2.75) is 18.9 Å². The molecule has 1 aromatic rings. The average molecular weight is 305 g/mol. The van der Waals surface area contributed by atoms with Crippen molar-refractivity contribution in [1.82, 2.24) is 4.90 Å². The summed E-state index contributed by atoms with van der Waals surface area (Å²) in [7, 11) is 1.49. The third kappa shape index (κ3) is 3.78. The molecular weight excluding hydrogens is 286 g/mol. The van der Waals surface area contributed by atoms with Gasteiger partial charge in [-0.2, -0.15) is 0 Å². The highest BCUT2D eigenvalue weighted by molar-refractivity contribution is 5.96. The fraction of sp³-hybridized carbons (Fsp3) is 0.375. The number of carboxylic acid groups (broad SMARTS) is 1. The molecule has 1 saturated carbocycles. The monoisotopic (exact) mass is 305 g/mol. The SMILES string of the molecule is C=CCOc1ccc(C(=O)N(CC(=O)O)C2CC2)cc1OC. The lowest BCUT2D eigenvalue weighted by molar-refractivity contribution is -0.137. The zero-order chi connectivity index (χ0) is 16.1. The Labute approximate surface area is 128 Å². The number of aliphatic carboxylic acids is 1. The third-order valence-electron chi connectivity index (χ3n) is 3.32. The minimum Gasteiger partial charge on any atom is -0.493 e. The quantitative estimate of drug-likeness (QED) is 0.743. The molecule has 1 aliphatic rings. The van der Waals surface area contributed by atoms with Crippen LogP contribution < -0.4 is 9.47 Å². The number of benzene rings is 1. The van der Waals surface area contributed by atoms with Crippen molar-refractivity contribution < 1.29 is 24.2 Å². The van der Waals surface area contributed by atoms with Crippen molar-refractivity contribution in [2.24, 2.45) is 0 Å². The maximum atomic E-state index is 12.5. The summed E-state index contributed by atoms with van der Waals surface area (Å²) < 4.78 is 10.7. The Hall–Kier alpha value is -2.50. The van der Waals surface area contributed by atoms with E-state index in [4.69, 9.17) is 14.6 Å². The highest BCUT2D eigenvalue weighted by Crippen LogP contribution is 2.31. The van der Waals surface area contributed by atoms with E-state index in [0.29, 0.717) is 23.7 Å². The minimum atomic E-state index is -1.02. The average Bonchev–Trinajstić information content (AvgIpc) is 3.34. The summed E-state index contributed by atoms with van der Waals surface area (Å²) in [5.41, 5.74) is 0.385. The molecule has 22 heavy (non-hydrogen) atoms. The Morgan fingerprint density at radius 2 is 2.14 bits per heavy atom. The van der Waals surface area contributed by atoms with Crippen LogP contribution in [0.25, 0.3) is 0 Å². The Morgan fingerprint density at radius 3 is 2.68 bits per heavy atom. The Morgan fingerprint density at radius 1 is 1.41 bits per heavy atom. The van der Waals surface area contributed by atoms with E-state index >= 15 is 0 Å². The lowest BCUT2D eigenvalue weighted by atomic mass is 10.1. The van der Waals surface area contributed by atoms with Gasteiger partial charge in [0.2, 0.25) is 0 Å². The second kappa shape index (κ2) is 6.98. The molecule has 1 amide bonds. The van der Waals surface area contributed by atoms with E-state index in [1.54, 1.807) is 24.3 Å². The summed E-state index contributed by atoms with van der Waals surface area (Å²) in [5.74, 6) is -0.384. The largest absolute Gasteiger partial charge is 0.493 e. The molecule has 0 heterocycles. The molecule has 1 aliphatic carbocycles. The number of carbonyl (C=O) groups excluding carboxylic acids is 1. The molecule has 0 atom stereocenters. The zero-order valence-electron chi connectivity index (χ0n) is 12.4. The molecule has 2 rings (SSSR count). The summed E-state index contributed by atoms with van der Waals surface area (Å²) in [6.07, 6.45) is 3.30. The smallest absolute Gasteiger partial charge is 0.323 e. The molecule has 0 unspecified atom stereocenters. The van der Waals surface area contributed by atoms with Crippen LogP contribution in [-0.4, -0.2) is 48.2 Å². The van der Waals surface area contributed by atoms with Crippen LogP contribution in [0.15, 0.2) is 30.9 Å². The summed E-state index contributed by atoms with van der Waals surface area (Å²) in [6, 6.07) is 4.84. The van der Waals surface area contributed by atoms with Gasteiger partial charge >= 0.3 is 5.97 Å². The Balaban J connectivity index is 2.21. The molecule has 0 aliphatic heterocycles. The predicted molar refractivity (Wildman–Crippen MR) is 80.4 cm³/mol. The van der Waals surface area contributed by atoms with Crippen molar-refractivity contribution in [2.75, 3.05) is 20.3 Å². The van der Waals surface area contributed by atoms with Gasteiger partial charge in [-0.3, -0.25) is 9.59 Å². The topological polar surface area (TPSA) is 76.1 Å². The standard InChI is InChI=1S/C16H19NO5/c1-3-8-22-13-7-4-11(9-14(13)21-2)16(20)17(10-15(18)19)12-5-6-12/h3-4,7,9,12H,1,5-6,8,10H2,2H3,(H,18,19). The second-order valence-electron chi connectivity index (χ2n) is 5.02. The molecule has 118 valence electrons. The van der Waals surface area contributed by atoms with Crippen molar-refractivity contribution in [3.05, 3.63) is 36.4 Å². The van der Waals surface area contributed by atoms with Gasteiger partial charge in [0.1, 0.15) is 13.2 Å². The lowest BCUT2D eigenvalue weighted by Crippen LogP contribution is -2.37. The fourth-order valence-electron chi connectivity index (χ4n) is 2.13. The summed E-state index contributed by atoms with van der Waals surface area (Å²) in [4.78, 5) is 24.8. The van der Waals surface area contributed by atoms with E-state index < -0.39 is 5.97 Å². The van der Waals surface area contributed by atoms with Gasteiger partial charge in [-0.05, 0) is 31.0 Å². The van der Waals surface area contributed by atoms with Crippen molar-refractivity contribution >= 4 is 11.9 Å². The Bertz CT molecular complexity index is 580. The van der Waals surface area contributed by atoms with Gasteiger partial charge in [0.25, 0.3) is 5.91 Å². The van der Waals surface area contributed by atoms with Crippen LogP contribution in [0, 0.1) is 0 Å².